The molecule has 0 unspecified atom stereocenters. The Morgan fingerprint density at radius 1 is 0.315 bits per heavy atom. The monoisotopic (exact) mass is 1290 g/mol. The summed E-state index contributed by atoms with van der Waals surface area (Å²) < 4.78 is 81.2. The van der Waals surface area contributed by atoms with E-state index in [0.29, 0.717) is 10.9 Å². The molecule has 37 nitrogen and oxygen atoms in total. The Morgan fingerprint density at radius 3 is 0.809 bits per heavy atom. The van der Waals surface area contributed by atoms with Crippen LogP contribution in [0, 0.1) is 0 Å². The zero-order valence-corrected chi connectivity index (χ0v) is 46.6. The predicted molar refractivity (Wildman–Crippen MR) is 275 cm³/mol. The maximum absolute atomic E-state index is 13.7. The number of aliphatic hydroxyl groups is 20. The maximum Gasteiger partial charge on any atom is 0.269 e. The van der Waals surface area contributed by atoms with Crippen molar-refractivity contribution in [1.29, 1.82) is 0 Å². The number of ether oxygens (including phenoxy) is 14. The van der Waals surface area contributed by atoms with E-state index in [0.717, 1.165) is 0 Å². The van der Waals surface area contributed by atoms with E-state index in [1.807, 2.05) is 0 Å². The topological polar surface area (TPSA) is 576 Å². The molecule has 21 aliphatic rings. The van der Waals surface area contributed by atoms with Crippen LogP contribution in [0.25, 0.3) is 10.9 Å². The first kappa shape index (κ1) is 68.6. The minimum atomic E-state index is -2.27. The Labute approximate surface area is 502 Å². The van der Waals surface area contributed by atoms with E-state index < -0.39 is 267 Å². The Kier molecular flexibility index (Phi) is 22.5. The molecule has 0 saturated carbocycles. The average Bonchev–Trinajstić information content (AvgIpc) is 1.31. The lowest BCUT2D eigenvalue weighted by atomic mass is 9.95. The fourth-order valence-electron chi connectivity index (χ4n) is 11.9. The third-order valence-electron chi connectivity index (χ3n) is 16.9. The van der Waals surface area contributed by atoms with Gasteiger partial charge < -0.3 is 174 Å². The van der Waals surface area contributed by atoms with Gasteiger partial charge in [-0.15, -0.1) is 0 Å². The van der Waals surface area contributed by atoms with Crippen LogP contribution < -0.4 is 5.32 Å². The van der Waals surface area contributed by atoms with Gasteiger partial charge in [-0.3, -0.25) is 4.79 Å². The van der Waals surface area contributed by atoms with Gasteiger partial charge in [-0.1, -0.05) is 24.3 Å². The third-order valence-corrected chi connectivity index (χ3v) is 16.9. The van der Waals surface area contributed by atoms with Crippen LogP contribution in [-0.4, -0.2) is 374 Å². The van der Waals surface area contributed by atoms with Crippen LogP contribution in [0.15, 0.2) is 36.4 Å². The van der Waals surface area contributed by atoms with Crippen LogP contribution in [-0.2, 0) is 66.3 Å². The molecule has 0 spiro atoms. The van der Waals surface area contributed by atoms with Crippen LogP contribution in [0.4, 0.5) is 0 Å². The second kappa shape index (κ2) is 29.2. The van der Waals surface area contributed by atoms with Gasteiger partial charge in [-0.2, -0.15) is 0 Å². The van der Waals surface area contributed by atoms with Crippen LogP contribution in [0.5, 0.6) is 0 Å². The van der Waals surface area contributed by atoms with Gasteiger partial charge in [0.05, 0.1) is 45.2 Å². The second-order valence-corrected chi connectivity index (χ2v) is 22.6. The fourth-order valence-corrected chi connectivity index (χ4v) is 11.9. The van der Waals surface area contributed by atoms with Crippen molar-refractivity contribution in [1.82, 2.24) is 10.3 Å². The zero-order valence-electron chi connectivity index (χ0n) is 46.6. The molecule has 35 atom stereocenters. The van der Waals surface area contributed by atoms with Crippen LogP contribution >= 0.6 is 0 Å². The molecule has 21 N–H and O–H groups in total. The highest BCUT2D eigenvalue weighted by molar-refractivity contribution is 5.94. The minimum Gasteiger partial charge on any atom is -0.394 e. The lowest BCUT2D eigenvalue weighted by Gasteiger charge is -2.50. The summed E-state index contributed by atoms with van der Waals surface area (Å²) in [6, 6.07) is 9.81. The number of amides is 1. The molecular formula is C52H76N2O35. The normalized spacial score (nSPS) is 49.4. The summed E-state index contributed by atoms with van der Waals surface area (Å²) in [6.07, 6.45) is -71.5. The molecule has 89 heavy (non-hydrogen) atoms. The van der Waals surface area contributed by atoms with Crippen molar-refractivity contribution in [3.05, 3.63) is 42.1 Å². The Morgan fingerprint density at radius 2 is 0.551 bits per heavy atom. The molecule has 21 saturated heterocycles. The minimum absolute atomic E-state index is 0.116. The summed E-state index contributed by atoms with van der Waals surface area (Å²) in [6.45, 7) is -7.09. The molecule has 14 bridgehead atoms. The number of fused-ring (bicyclic) bond motifs is 1. The summed E-state index contributed by atoms with van der Waals surface area (Å²) >= 11 is 0. The number of hydrogen-bond donors (Lipinski definition) is 21. The van der Waals surface area contributed by atoms with Crippen LogP contribution in [0.2, 0.25) is 0 Å². The van der Waals surface area contributed by atoms with Gasteiger partial charge in [-0.05, 0) is 12.1 Å². The highest BCUT2D eigenvalue weighted by Crippen LogP contribution is 2.39. The molecule has 21 aliphatic heterocycles. The van der Waals surface area contributed by atoms with E-state index in [2.05, 4.69) is 10.3 Å². The summed E-state index contributed by atoms with van der Waals surface area (Å²) in [5, 5.41) is 227. The van der Waals surface area contributed by atoms with Crippen molar-refractivity contribution in [2.75, 3.05) is 46.2 Å². The lowest BCUT2D eigenvalue weighted by molar-refractivity contribution is -0.396. The zero-order chi connectivity index (χ0) is 64.0. The van der Waals surface area contributed by atoms with Crippen molar-refractivity contribution in [3.63, 3.8) is 0 Å². The summed E-state index contributed by atoms with van der Waals surface area (Å²) in [5.74, 6) is -0.828. The third kappa shape index (κ3) is 13.7. The van der Waals surface area contributed by atoms with Crippen molar-refractivity contribution in [2.45, 2.75) is 215 Å². The number of benzene rings is 1. The van der Waals surface area contributed by atoms with Gasteiger partial charge in [-0.25, -0.2) is 4.98 Å². The highest BCUT2D eigenvalue weighted by Gasteiger charge is 2.59. The second-order valence-electron chi connectivity index (χ2n) is 22.6. The SMILES string of the molecule is O=C(NC[C@H]1O[C@@H]2O[C@H]3[C@H](O)[C@@H](O)[C@@H](O[C@H]4[C@H](O)[C@@H](O)[C@@H](O[C@H]5[C@H](O)[C@@H](O)[C@@H](O[C@H]6[C@H](O)[C@@H](O)[C@@H](O[C@H]7[C@H](O)[C@@H](O)[C@@H](O[C@H]8[C@H](O)[C@@H](O)[C@@H](O[C@H]1[C@H](O)[C@H]2O)O[C@@H]8CO)O[C@@H]7CO)O[C@@H]6CO)O[C@@H]5CO)O[C@@H]4CO)O[C@@H]3CO)c1ccc2ccccc2n1. The van der Waals surface area contributed by atoms with Gasteiger partial charge in [0.1, 0.15) is 177 Å². The van der Waals surface area contributed by atoms with E-state index in [-0.39, 0.29) is 5.69 Å². The molecule has 0 radical (unpaired) electrons. The number of aliphatic hydroxyl groups excluding tert-OH is 20. The number of carbonyl (C=O) groups excluding carboxylic acids is 1. The fraction of sp³-hybridized carbons (Fsp3) is 0.808. The first-order chi connectivity index (χ1) is 42.5. The van der Waals surface area contributed by atoms with E-state index in [4.69, 9.17) is 66.3 Å². The molecule has 23 rings (SSSR count). The number of aromatic nitrogens is 1. The summed E-state index contributed by atoms with van der Waals surface area (Å²) in [5.41, 5.74) is 0.310. The van der Waals surface area contributed by atoms with E-state index in [1.54, 1.807) is 30.3 Å². The Bertz CT molecular complexity index is 2590. The van der Waals surface area contributed by atoms with Gasteiger partial charge in [0, 0.05) is 11.9 Å². The molecule has 1 amide bonds. The molecule has 504 valence electrons. The standard InChI is InChI=1S/C52H76N2O35/c55-8-18-39-26(63)33(70)48(78-18)86-41-20(10-57)80-50(35(72)28(41)65)88-43-22(12-59)82-52(37(74)30(43)67)89-44-23(13-60)81-51(36(73)29(44)66)87-42-21(11-58)79-49(34(71)27(42)64)85-40-19(9-56)77-47(32(69)25(40)62)83-38-17(76-46(84-39)31(68)24(38)61)7-53-45(75)16-6-5-14-3-1-2-4-15(14)54-16/h1-6,17-44,46-52,55-74H,7-13H2,(H,53,75)/t17-,18-,19-,20-,21-,22-,23-,24-,25-,26-,27-,28-,29-,30-,31-,32-,33-,34-,35-,36-,37-,38-,39-,40-,41-,42-,43-,44-,46-,47-,48-,49-,50-,51-,52-/m1/s1. The number of hydrogen-bond acceptors (Lipinski definition) is 36. The first-order valence-electron chi connectivity index (χ1n) is 28.5. The molecule has 2 aromatic rings. The number of pyridine rings is 1. The van der Waals surface area contributed by atoms with E-state index >= 15 is 0 Å². The number of nitrogens with one attached hydrogen (secondary N) is 1. The summed E-state index contributed by atoms with van der Waals surface area (Å²) in [4.78, 5) is 18.1. The maximum atomic E-state index is 13.7. The number of rotatable bonds is 9. The smallest absolute Gasteiger partial charge is 0.269 e. The molecule has 21 fully saturated rings. The van der Waals surface area contributed by atoms with Gasteiger partial charge in [0.15, 0.2) is 44.0 Å². The molecule has 1 aromatic heterocycles. The summed E-state index contributed by atoms with van der Waals surface area (Å²) in [7, 11) is 0. The van der Waals surface area contributed by atoms with Gasteiger partial charge in [0.2, 0.25) is 0 Å². The van der Waals surface area contributed by atoms with Crippen LogP contribution in [0.3, 0.4) is 0 Å². The number of nitrogens with zero attached hydrogens (tertiary/aromatic N) is 1. The highest BCUT2D eigenvalue weighted by atomic mass is 16.8. The van der Waals surface area contributed by atoms with Crippen LogP contribution in [0.1, 0.15) is 10.5 Å². The van der Waals surface area contributed by atoms with Gasteiger partial charge in [0.25, 0.3) is 5.91 Å². The average molecular weight is 1290 g/mol. The molecule has 37 heteroatoms. The molecule has 1 aromatic carbocycles. The largest absolute Gasteiger partial charge is 0.394 e. The van der Waals surface area contributed by atoms with E-state index in [1.165, 1.54) is 6.07 Å². The number of para-hydroxylation sites is 1. The Hall–Kier alpha value is -3.26. The quantitative estimate of drug-likeness (QED) is 0.111. The van der Waals surface area contributed by atoms with Gasteiger partial charge >= 0.3 is 0 Å². The predicted octanol–water partition coefficient (Wildman–Crippen LogP) is -13.2. The molecular weight excluding hydrogens is 1210 g/mol. The Balaban J connectivity index is 0.948. The van der Waals surface area contributed by atoms with Crippen molar-refractivity contribution < 1.29 is 173 Å². The number of carbonyl (C=O) groups is 1. The lowest BCUT2D eigenvalue weighted by Crippen LogP contribution is -2.68. The first-order valence-corrected chi connectivity index (χ1v) is 28.5. The molecule has 22 heterocycles. The molecule has 0 aliphatic carbocycles. The van der Waals surface area contributed by atoms with Crippen molar-refractivity contribution in [3.8, 4) is 0 Å². The van der Waals surface area contributed by atoms with E-state index in [9.17, 15) is 107 Å². The van der Waals surface area contributed by atoms with Crippen molar-refractivity contribution in [2.24, 2.45) is 0 Å². The van der Waals surface area contributed by atoms with Crippen molar-refractivity contribution >= 4 is 16.8 Å².